The van der Waals surface area contributed by atoms with E-state index in [4.69, 9.17) is 5.73 Å². The van der Waals surface area contributed by atoms with E-state index in [0.717, 1.165) is 12.1 Å². The third kappa shape index (κ3) is 2.63. The molecule has 0 aliphatic carbocycles. The Labute approximate surface area is 113 Å². The summed E-state index contributed by atoms with van der Waals surface area (Å²) < 4.78 is 51.8. The first-order valence-electron chi connectivity index (χ1n) is 6.23. The van der Waals surface area contributed by atoms with Crippen LogP contribution in [0.4, 0.5) is 17.6 Å². The van der Waals surface area contributed by atoms with E-state index in [-0.39, 0.29) is 12.6 Å². The van der Waals surface area contributed by atoms with Crippen molar-refractivity contribution in [2.75, 3.05) is 13.1 Å². The quantitative estimate of drug-likeness (QED) is 0.850. The fourth-order valence-electron chi connectivity index (χ4n) is 2.42. The van der Waals surface area contributed by atoms with Gasteiger partial charge in [-0.3, -0.25) is 4.79 Å². The van der Waals surface area contributed by atoms with E-state index in [1.54, 1.807) is 0 Å². The van der Waals surface area contributed by atoms with E-state index >= 15 is 0 Å². The number of amides is 1. The van der Waals surface area contributed by atoms with Crippen molar-refractivity contribution in [3.8, 4) is 0 Å². The van der Waals surface area contributed by atoms with E-state index in [1.165, 1.54) is 4.90 Å². The lowest BCUT2D eigenvalue weighted by Crippen LogP contribution is -2.40. The fraction of sp³-hybridized carbons (Fsp3) is 0.462. The van der Waals surface area contributed by atoms with Gasteiger partial charge in [0, 0.05) is 19.1 Å². The average Bonchev–Trinajstić information content (AvgIpc) is 2.85. The molecule has 1 heterocycles. The number of carbonyl (C=O) groups excluding carboxylic acids is 1. The topological polar surface area (TPSA) is 46.3 Å². The molecule has 2 rings (SSSR count). The summed E-state index contributed by atoms with van der Waals surface area (Å²) in [5.74, 6) is -2.26. The lowest BCUT2D eigenvalue weighted by atomic mass is 10.1. The van der Waals surface area contributed by atoms with Crippen LogP contribution in [0.5, 0.6) is 0 Å². The van der Waals surface area contributed by atoms with Gasteiger partial charge in [0.2, 0.25) is 0 Å². The summed E-state index contributed by atoms with van der Waals surface area (Å²) in [7, 11) is 0. The van der Waals surface area contributed by atoms with E-state index in [9.17, 15) is 22.4 Å². The molecule has 20 heavy (non-hydrogen) atoms. The first-order chi connectivity index (χ1) is 9.36. The first kappa shape index (κ1) is 14.8. The molecule has 1 aliphatic rings. The summed E-state index contributed by atoms with van der Waals surface area (Å²) in [6, 6.07) is 2.48. The minimum atomic E-state index is -4.82. The van der Waals surface area contributed by atoms with Gasteiger partial charge in [-0.05, 0) is 25.0 Å². The number of halogens is 4. The molecule has 0 spiro atoms. The van der Waals surface area contributed by atoms with Crippen molar-refractivity contribution in [3.63, 3.8) is 0 Å². The summed E-state index contributed by atoms with van der Waals surface area (Å²) >= 11 is 0. The van der Waals surface area contributed by atoms with E-state index < -0.39 is 29.0 Å². The second-order valence-corrected chi connectivity index (χ2v) is 4.70. The number of carbonyl (C=O) groups is 1. The second kappa shape index (κ2) is 5.40. The first-order valence-corrected chi connectivity index (χ1v) is 6.23. The van der Waals surface area contributed by atoms with Crippen LogP contribution < -0.4 is 5.73 Å². The maximum Gasteiger partial charge on any atom is 0.419 e. The van der Waals surface area contributed by atoms with Crippen LogP contribution in [0.3, 0.4) is 0 Å². The number of likely N-dealkylation sites (tertiary alicyclic amines) is 1. The van der Waals surface area contributed by atoms with Gasteiger partial charge in [0.1, 0.15) is 5.82 Å². The molecule has 1 aliphatic heterocycles. The molecule has 1 unspecified atom stereocenters. The van der Waals surface area contributed by atoms with Crippen LogP contribution in [0, 0.1) is 5.82 Å². The van der Waals surface area contributed by atoms with Gasteiger partial charge in [-0.15, -0.1) is 0 Å². The standard InChI is InChI=1S/C13H14F4N2O/c14-11-9(4-1-5-10(11)13(15,16)17)12(20)19-6-2-3-8(19)7-18/h1,4-5,8H,2-3,6-7,18H2. The van der Waals surface area contributed by atoms with Crippen molar-refractivity contribution in [2.45, 2.75) is 25.1 Å². The smallest absolute Gasteiger partial charge is 0.334 e. The minimum absolute atomic E-state index is 0.215. The second-order valence-electron chi connectivity index (χ2n) is 4.70. The van der Waals surface area contributed by atoms with Crippen molar-refractivity contribution in [2.24, 2.45) is 5.73 Å². The number of benzene rings is 1. The molecule has 110 valence electrons. The number of nitrogens with zero attached hydrogens (tertiary/aromatic N) is 1. The largest absolute Gasteiger partial charge is 0.419 e. The zero-order valence-electron chi connectivity index (χ0n) is 10.6. The normalized spacial score (nSPS) is 19.4. The Balaban J connectivity index is 2.36. The average molecular weight is 290 g/mol. The lowest BCUT2D eigenvalue weighted by Gasteiger charge is -2.24. The summed E-state index contributed by atoms with van der Waals surface area (Å²) in [5, 5.41) is 0. The third-order valence-corrected chi connectivity index (χ3v) is 3.44. The monoisotopic (exact) mass is 290 g/mol. The van der Waals surface area contributed by atoms with Crippen LogP contribution in [0.25, 0.3) is 0 Å². The maximum atomic E-state index is 13.9. The minimum Gasteiger partial charge on any atom is -0.334 e. The Morgan fingerprint density at radius 2 is 2.10 bits per heavy atom. The molecular weight excluding hydrogens is 276 g/mol. The van der Waals surface area contributed by atoms with E-state index in [2.05, 4.69) is 0 Å². The predicted molar refractivity (Wildman–Crippen MR) is 64.5 cm³/mol. The molecule has 1 fully saturated rings. The Kier molecular flexibility index (Phi) is 3.99. The number of hydrogen-bond donors (Lipinski definition) is 1. The molecule has 0 bridgehead atoms. The zero-order chi connectivity index (χ0) is 14.9. The molecule has 1 aromatic rings. The van der Waals surface area contributed by atoms with Gasteiger partial charge in [-0.1, -0.05) is 6.07 Å². The Bertz CT molecular complexity index is 516. The highest BCUT2D eigenvalue weighted by Crippen LogP contribution is 2.33. The van der Waals surface area contributed by atoms with Crippen molar-refractivity contribution in [1.29, 1.82) is 0 Å². The van der Waals surface area contributed by atoms with Crippen LogP contribution in [0.2, 0.25) is 0 Å². The predicted octanol–water partition coefficient (Wildman–Crippen LogP) is 2.41. The number of alkyl halides is 3. The molecule has 3 nitrogen and oxygen atoms in total. The van der Waals surface area contributed by atoms with Crippen LogP contribution in [0.15, 0.2) is 18.2 Å². The van der Waals surface area contributed by atoms with Gasteiger partial charge in [0.05, 0.1) is 11.1 Å². The maximum absolute atomic E-state index is 13.9. The van der Waals surface area contributed by atoms with Gasteiger partial charge in [0.25, 0.3) is 5.91 Å². The van der Waals surface area contributed by atoms with Crippen LogP contribution in [-0.2, 0) is 6.18 Å². The van der Waals surface area contributed by atoms with Gasteiger partial charge in [-0.2, -0.15) is 13.2 Å². The molecule has 7 heteroatoms. The molecule has 1 atom stereocenters. The van der Waals surface area contributed by atoms with Gasteiger partial charge in [0.15, 0.2) is 0 Å². The molecule has 1 amide bonds. The van der Waals surface area contributed by atoms with Gasteiger partial charge < -0.3 is 10.6 Å². The highest BCUT2D eigenvalue weighted by Gasteiger charge is 2.37. The molecule has 0 saturated carbocycles. The van der Waals surface area contributed by atoms with Crippen LogP contribution in [0.1, 0.15) is 28.8 Å². The highest BCUT2D eigenvalue weighted by atomic mass is 19.4. The van der Waals surface area contributed by atoms with Crippen molar-refractivity contribution in [1.82, 2.24) is 4.90 Å². The Hall–Kier alpha value is -1.63. The van der Waals surface area contributed by atoms with E-state index in [0.29, 0.717) is 25.5 Å². The molecular formula is C13H14F4N2O. The number of rotatable bonds is 2. The SMILES string of the molecule is NCC1CCCN1C(=O)c1cccc(C(F)(F)F)c1F. The zero-order valence-corrected chi connectivity index (χ0v) is 10.6. The van der Waals surface area contributed by atoms with Gasteiger partial charge in [-0.25, -0.2) is 4.39 Å². The molecule has 0 radical (unpaired) electrons. The fourth-order valence-corrected chi connectivity index (χ4v) is 2.42. The lowest BCUT2D eigenvalue weighted by molar-refractivity contribution is -0.140. The van der Waals surface area contributed by atoms with E-state index in [1.807, 2.05) is 0 Å². The number of nitrogens with two attached hydrogens (primary N) is 1. The highest BCUT2D eigenvalue weighted by molar-refractivity contribution is 5.95. The van der Waals surface area contributed by atoms with Crippen LogP contribution >= 0.6 is 0 Å². The summed E-state index contributed by atoms with van der Waals surface area (Å²) in [5.41, 5.74) is 3.53. The van der Waals surface area contributed by atoms with Crippen molar-refractivity contribution < 1.29 is 22.4 Å². The molecule has 1 saturated heterocycles. The molecule has 2 N–H and O–H groups in total. The number of hydrogen-bond acceptors (Lipinski definition) is 2. The Morgan fingerprint density at radius 3 is 2.70 bits per heavy atom. The summed E-state index contributed by atoms with van der Waals surface area (Å²) in [6.45, 7) is 0.600. The third-order valence-electron chi connectivity index (χ3n) is 3.44. The summed E-state index contributed by atoms with van der Waals surface area (Å²) in [4.78, 5) is 13.5. The Morgan fingerprint density at radius 1 is 1.40 bits per heavy atom. The summed E-state index contributed by atoms with van der Waals surface area (Å²) in [6.07, 6.45) is -3.42. The van der Waals surface area contributed by atoms with Gasteiger partial charge >= 0.3 is 6.18 Å². The molecule has 0 aromatic heterocycles. The van der Waals surface area contributed by atoms with Crippen molar-refractivity contribution >= 4 is 5.91 Å². The van der Waals surface area contributed by atoms with Crippen LogP contribution in [-0.4, -0.2) is 29.9 Å². The van der Waals surface area contributed by atoms with Crippen molar-refractivity contribution in [3.05, 3.63) is 35.1 Å². The molecule has 1 aromatic carbocycles.